The Kier molecular flexibility index (Phi) is 1.85. The standard InChI is InChI=1S/C16H8O3/c17-14-9-5-1-2-6-10(9)16-13(14)15(18)11-7-3-4-8-12(11)19-16/h1-8H. The normalized spacial score (nSPS) is 12.5. The third-order valence-electron chi connectivity index (χ3n) is 3.44. The highest BCUT2D eigenvalue weighted by Gasteiger charge is 2.32. The Hall–Kier alpha value is -2.68. The topological polar surface area (TPSA) is 47.3 Å². The smallest absolute Gasteiger partial charge is 0.204 e. The number of ketones is 1. The zero-order chi connectivity index (χ0) is 13.0. The molecule has 90 valence electrons. The highest BCUT2D eigenvalue weighted by molar-refractivity contribution is 6.21. The summed E-state index contributed by atoms with van der Waals surface area (Å²) >= 11 is 0. The molecule has 0 unspecified atom stereocenters. The Bertz CT molecular complexity index is 903. The Morgan fingerprint density at radius 1 is 0.789 bits per heavy atom. The molecule has 0 bridgehead atoms. The number of carbonyl (C=O) groups is 1. The van der Waals surface area contributed by atoms with E-state index in [1.54, 1.807) is 42.5 Å². The van der Waals surface area contributed by atoms with Gasteiger partial charge in [-0.1, -0.05) is 36.4 Å². The Morgan fingerprint density at radius 3 is 2.32 bits per heavy atom. The summed E-state index contributed by atoms with van der Waals surface area (Å²) in [4.78, 5) is 24.7. The molecule has 0 N–H and O–H groups in total. The molecule has 0 amide bonds. The van der Waals surface area contributed by atoms with Crippen molar-refractivity contribution < 1.29 is 9.21 Å². The van der Waals surface area contributed by atoms with Crippen LogP contribution in [0.15, 0.2) is 57.7 Å². The van der Waals surface area contributed by atoms with Gasteiger partial charge in [0.05, 0.1) is 5.39 Å². The van der Waals surface area contributed by atoms with E-state index in [1.165, 1.54) is 0 Å². The van der Waals surface area contributed by atoms with Gasteiger partial charge in [-0.25, -0.2) is 0 Å². The van der Waals surface area contributed by atoms with Crippen LogP contribution in [-0.4, -0.2) is 5.78 Å². The maximum absolute atomic E-state index is 12.4. The maximum atomic E-state index is 12.4. The molecule has 3 nitrogen and oxygen atoms in total. The molecule has 4 rings (SSSR count). The lowest BCUT2D eigenvalue weighted by atomic mass is 10.1. The molecule has 2 aromatic carbocycles. The van der Waals surface area contributed by atoms with Crippen molar-refractivity contribution in [3.63, 3.8) is 0 Å². The Labute approximate surface area is 108 Å². The van der Waals surface area contributed by atoms with Crippen LogP contribution in [0, 0.1) is 0 Å². The summed E-state index contributed by atoms with van der Waals surface area (Å²) < 4.78 is 5.76. The minimum atomic E-state index is -0.252. The van der Waals surface area contributed by atoms with Crippen molar-refractivity contribution in [2.75, 3.05) is 0 Å². The van der Waals surface area contributed by atoms with Crippen molar-refractivity contribution in [3.8, 4) is 11.3 Å². The van der Waals surface area contributed by atoms with Crippen molar-refractivity contribution in [2.24, 2.45) is 0 Å². The van der Waals surface area contributed by atoms with Crippen molar-refractivity contribution >= 4 is 16.8 Å². The first-order valence-electron chi connectivity index (χ1n) is 5.97. The van der Waals surface area contributed by atoms with E-state index in [0.29, 0.717) is 27.9 Å². The fourth-order valence-electron chi connectivity index (χ4n) is 2.55. The van der Waals surface area contributed by atoms with Gasteiger partial charge in [0.15, 0.2) is 5.76 Å². The van der Waals surface area contributed by atoms with Gasteiger partial charge in [0.25, 0.3) is 0 Å². The van der Waals surface area contributed by atoms with Crippen LogP contribution in [0.25, 0.3) is 22.3 Å². The first-order valence-corrected chi connectivity index (χ1v) is 5.97. The molecule has 0 spiro atoms. The maximum Gasteiger partial charge on any atom is 0.204 e. The Balaban J connectivity index is 2.23. The molecule has 0 saturated heterocycles. The second kappa shape index (κ2) is 3.42. The molecule has 3 heteroatoms. The van der Waals surface area contributed by atoms with E-state index < -0.39 is 0 Å². The van der Waals surface area contributed by atoms with Crippen LogP contribution in [0.2, 0.25) is 0 Å². The minimum absolute atomic E-state index is 0.153. The molecule has 0 radical (unpaired) electrons. The molecule has 1 aromatic heterocycles. The van der Waals surface area contributed by atoms with Crippen LogP contribution in [0.4, 0.5) is 0 Å². The van der Waals surface area contributed by atoms with Crippen LogP contribution >= 0.6 is 0 Å². The number of rotatable bonds is 0. The molecule has 1 heterocycles. The number of benzene rings is 2. The van der Waals surface area contributed by atoms with E-state index in [9.17, 15) is 9.59 Å². The molecule has 0 fully saturated rings. The number of fused-ring (bicyclic) bond motifs is 4. The third kappa shape index (κ3) is 1.21. The molecule has 19 heavy (non-hydrogen) atoms. The largest absolute Gasteiger partial charge is 0.455 e. The fraction of sp³-hybridized carbons (Fsp3) is 0. The molecule has 1 aliphatic carbocycles. The molecule has 0 saturated carbocycles. The van der Waals surface area contributed by atoms with Gasteiger partial charge in [-0.3, -0.25) is 9.59 Å². The summed E-state index contributed by atoms with van der Waals surface area (Å²) in [5, 5.41) is 0.447. The lowest BCUT2D eigenvalue weighted by molar-refractivity contribution is 0.104. The SMILES string of the molecule is O=C1c2ccccc2-c2oc3ccccc3c(=O)c21. The summed E-state index contributed by atoms with van der Waals surface area (Å²) in [5.74, 6) is 0.148. The van der Waals surface area contributed by atoms with Gasteiger partial charge in [-0.2, -0.15) is 0 Å². The van der Waals surface area contributed by atoms with E-state index in [0.717, 1.165) is 0 Å². The highest BCUT2D eigenvalue weighted by Crippen LogP contribution is 2.36. The molecule has 1 aliphatic rings. The Morgan fingerprint density at radius 2 is 1.47 bits per heavy atom. The third-order valence-corrected chi connectivity index (χ3v) is 3.44. The molecule has 0 aliphatic heterocycles. The van der Waals surface area contributed by atoms with E-state index in [4.69, 9.17) is 4.42 Å². The van der Waals surface area contributed by atoms with Crippen molar-refractivity contribution in [1.29, 1.82) is 0 Å². The van der Waals surface area contributed by atoms with Gasteiger partial charge in [-0.05, 0) is 12.1 Å². The second-order valence-corrected chi connectivity index (χ2v) is 4.51. The van der Waals surface area contributed by atoms with Gasteiger partial charge in [-0.15, -0.1) is 0 Å². The quantitative estimate of drug-likeness (QED) is 0.480. The monoisotopic (exact) mass is 248 g/mol. The van der Waals surface area contributed by atoms with Crippen LogP contribution in [0.5, 0.6) is 0 Å². The van der Waals surface area contributed by atoms with Gasteiger partial charge in [0, 0.05) is 11.1 Å². The van der Waals surface area contributed by atoms with Crippen LogP contribution < -0.4 is 5.43 Å². The number of hydrogen-bond acceptors (Lipinski definition) is 3. The number of carbonyl (C=O) groups excluding carboxylic acids is 1. The first-order chi connectivity index (χ1) is 9.27. The predicted octanol–water partition coefficient (Wildman–Crippen LogP) is 3.00. The van der Waals surface area contributed by atoms with Crippen molar-refractivity contribution in [2.45, 2.75) is 0 Å². The van der Waals surface area contributed by atoms with E-state index in [-0.39, 0.29) is 16.8 Å². The van der Waals surface area contributed by atoms with Gasteiger partial charge < -0.3 is 4.42 Å². The van der Waals surface area contributed by atoms with Crippen molar-refractivity contribution in [3.05, 3.63) is 69.9 Å². The molecular weight excluding hydrogens is 240 g/mol. The van der Waals surface area contributed by atoms with Gasteiger partial charge in [0.1, 0.15) is 11.1 Å². The van der Waals surface area contributed by atoms with Gasteiger partial charge >= 0.3 is 0 Å². The predicted molar refractivity (Wildman–Crippen MR) is 71.4 cm³/mol. The number of hydrogen-bond donors (Lipinski definition) is 0. The molecule has 3 aromatic rings. The average Bonchev–Trinajstić information content (AvgIpc) is 2.74. The minimum Gasteiger partial charge on any atom is -0.455 e. The lowest BCUT2D eigenvalue weighted by Crippen LogP contribution is -2.12. The summed E-state index contributed by atoms with van der Waals surface area (Å²) in [6.45, 7) is 0. The zero-order valence-electron chi connectivity index (χ0n) is 9.84. The van der Waals surface area contributed by atoms with Gasteiger partial charge in [0.2, 0.25) is 11.2 Å². The highest BCUT2D eigenvalue weighted by atomic mass is 16.3. The fourth-order valence-corrected chi connectivity index (χ4v) is 2.55. The van der Waals surface area contributed by atoms with Crippen LogP contribution in [0.3, 0.4) is 0 Å². The van der Waals surface area contributed by atoms with E-state index in [2.05, 4.69) is 0 Å². The van der Waals surface area contributed by atoms with E-state index in [1.807, 2.05) is 6.07 Å². The first kappa shape index (κ1) is 10.3. The lowest BCUT2D eigenvalue weighted by Gasteiger charge is -2.01. The van der Waals surface area contributed by atoms with Crippen molar-refractivity contribution in [1.82, 2.24) is 0 Å². The number of para-hydroxylation sites is 1. The van der Waals surface area contributed by atoms with E-state index >= 15 is 0 Å². The summed E-state index contributed by atoms with van der Waals surface area (Å²) in [6, 6.07) is 14.1. The summed E-state index contributed by atoms with van der Waals surface area (Å²) in [7, 11) is 0. The second-order valence-electron chi connectivity index (χ2n) is 4.51. The molecule has 0 atom stereocenters. The summed E-state index contributed by atoms with van der Waals surface area (Å²) in [5.41, 5.74) is 1.65. The summed E-state index contributed by atoms with van der Waals surface area (Å²) in [6.07, 6.45) is 0. The molecular formula is C16H8O3. The van der Waals surface area contributed by atoms with Crippen LogP contribution in [0.1, 0.15) is 15.9 Å². The van der Waals surface area contributed by atoms with Crippen LogP contribution in [-0.2, 0) is 0 Å². The average molecular weight is 248 g/mol. The zero-order valence-corrected chi connectivity index (χ0v) is 9.84.